The normalized spacial score (nSPS) is 13.0. The zero-order valence-corrected chi connectivity index (χ0v) is 24.0. The van der Waals surface area contributed by atoms with E-state index in [0.29, 0.717) is 21.5 Å². The predicted molar refractivity (Wildman–Crippen MR) is 153 cm³/mol. The summed E-state index contributed by atoms with van der Waals surface area (Å²) in [7, 11) is -4.89. The Morgan fingerprint density at radius 2 is 1.10 bits per heavy atom. The van der Waals surface area contributed by atoms with Crippen molar-refractivity contribution in [1.82, 2.24) is 0 Å². The standard InChI is InChI=1S/C28H24F3O5PS.BrH/c1-35-27(32)23-19-17-22(18-20-23)21-37(24-11-5-2-6-12-24,25-13-7-3-8-14-25,26-15-9-4-10-16-26)36-38(33,34)28(29,30)31;/h2-20H,21H2,1H3;1H. The van der Waals surface area contributed by atoms with Crippen LogP contribution >= 0.6 is 23.8 Å². The van der Waals surface area contributed by atoms with Crippen molar-refractivity contribution < 1.29 is 35.1 Å². The number of esters is 1. The van der Waals surface area contributed by atoms with Gasteiger partial charge in [-0.05, 0) is 0 Å². The fraction of sp³-hybridized carbons (Fsp3) is 0.107. The Bertz CT molecular complexity index is 1420. The van der Waals surface area contributed by atoms with Gasteiger partial charge in [0.05, 0.1) is 0 Å². The maximum atomic E-state index is 14.1. The van der Waals surface area contributed by atoms with Crippen LogP contribution in [0.1, 0.15) is 15.9 Å². The SMILES string of the molecule is Br.COC(=O)c1ccc(CP(OS(=O)(=O)C(F)(F)F)(c2ccccc2)(c2ccccc2)c2ccccc2)cc1. The Morgan fingerprint density at radius 1 is 0.718 bits per heavy atom. The van der Waals surface area contributed by atoms with Crippen molar-refractivity contribution in [3.8, 4) is 0 Å². The molecule has 4 rings (SSSR count). The average Bonchev–Trinajstić information content (AvgIpc) is 2.93. The number of halogens is 4. The van der Waals surface area contributed by atoms with E-state index in [2.05, 4.69) is 0 Å². The van der Waals surface area contributed by atoms with Crippen molar-refractivity contribution in [2.24, 2.45) is 0 Å². The summed E-state index contributed by atoms with van der Waals surface area (Å²) < 4.78 is 78.6. The number of ether oxygens (including phenoxy) is 1. The summed E-state index contributed by atoms with van der Waals surface area (Å²) in [5, 5.41) is 0.877. The minimum absolute atomic E-state index is 0. The molecule has 5 nitrogen and oxygen atoms in total. The van der Waals surface area contributed by atoms with Gasteiger partial charge in [0.25, 0.3) is 0 Å². The summed E-state index contributed by atoms with van der Waals surface area (Å²) >= 11 is 0. The molecule has 0 aliphatic carbocycles. The average molecular weight is 641 g/mol. The molecular formula is C28H25BrF3O5PS. The van der Waals surface area contributed by atoms with Crippen LogP contribution in [0.5, 0.6) is 0 Å². The van der Waals surface area contributed by atoms with Crippen LogP contribution in [0, 0.1) is 0 Å². The van der Waals surface area contributed by atoms with Gasteiger partial charge in [0.2, 0.25) is 0 Å². The molecule has 0 spiro atoms. The van der Waals surface area contributed by atoms with Crippen LogP contribution in [0.4, 0.5) is 13.2 Å². The first kappa shape index (κ1) is 30.5. The van der Waals surface area contributed by atoms with E-state index in [1.807, 2.05) is 0 Å². The third-order valence-electron chi connectivity index (χ3n) is 6.31. The van der Waals surface area contributed by atoms with E-state index >= 15 is 0 Å². The van der Waals surface area contributed by atoms with Gasteiger partial charge < -0.3 is 0 Å². The molecule has 4 aromatic rings. The summed E-state index contributed by atoms with van der Waals surface area (Å²) in [6.45, 7) is -4.97. The molecule has 0 atom stereocenters. The molecule has 0 aromatic heterocycles. The van der Waals surface area contributed by atoms with E-state index in [1.165, 1.54) is 19.2 Å². The van der Waals surface area contributed by atoms with Gasteiger partial charge in [-0.1, -0.05) is 0 Å². The van der Waals surface area contributed by atoms with Gasteiger partial charge in [0.1, 0.15) is 0 Å². The minimum atomic E-state index is -6.12. The van der Waals surface area contributed by atoms with Crippen LogP contribution in [-0.4, -0.2) is 27.0 Å². The van der Waals surface area contributed by atoms with Crippen molar-refractivity contribution in [1.29, 1.82) is 0 Å². The molecule has 0 radical (unpaired) electrons. The molecule has 0 fully saturated rings. The number of carbonyl (C=O) groups excluding carboxylic acids is 1. The van der Waals surface area contributed by atoms with Crippen molar-refractivity contribution in [3.63, 3.8) is 0 Å². The summed E-state index contributed by atoms with van der Waals surface area (Å²) in [4.78, 5) is 12.0. The van der Waals surface area contributed by atoms with E-state index in [-0.39, 0.29) is 28.7 Å². The molecule has 0 unspecified atom stereocenters. The number of benzene rings is 4. The van der Waals surface area contributed by atoms with Crippen molar-refractivity contribution in [3.05, 3.63) is 126 Å². The number of hydrogen-bond donors (Lipinski definition) is 0. The van der Waals surface area contributed by atoms with Crippen molar-refractivity contribution in [2.45, 2.75) is 11.7 Å². The van der Waals surface area contributed by atoms with Crippen LogP contribution in [-0.2, 0) is 25.0 Å². The molecule has 11 heteroatoms. The Balaban J connectivity index is 0.00000420. The van der Waals surface area contributed by atoms with E-state index < -0.39 is 28.4 Å². The molecule has 0 heterocycles. The Labute approximate surface area is 235 Å². The molecule has 39 heavy (non-hydrogen) atoms. The molecule has 0 aliphatic heterocycles. The molecule has 0 bridgehead atoms. The number of carbonyl (C=O) groups is 1. The van der Waals surface area contributed by atoms with Crippen LogP contribution < -0.4 is 15.9 Å². The second kappa shape index (κ2) is 11.6. The second-order valence-electron chi connectivity index (χ2n) is 8.54. The molecular weight excluding hydrogens is 616 g/mol. The first-order valence-electron chi connectivity index (χ1n) is 11.4. The summed E-state index contributed by atoms with van der Waals surface area (Å²) in [5.41, 5.74) is -4.98. The van der Waals surface area contributed by atoms with Gasteiger partial charge in [0.15, 0.2) is 0 Å². The van der Waals surface area contributed by atoms with Gasteiger partial charge in [0, 0.05) is 0 Å². The van der Waals surface area contributed by atoms with Gasteiger partial charge in [-0.15, -0.1) is 17.0 Å². The predicted octanol–water partition coefficient (Wildman–Crippen LogP) is 5.86. The van der Waals surface area contributed by atoms with E-state index in [9.17, 15) is 26.4 Å². The quantitative estimate of drug-likeness (QED) is 0.137. The second-order valence-corrected chi connectivity index (χ2v) is 14.8. The number of methoxy groups -OCH3 is 1. The summed E-state index contributed by atoms with van der Waals surface area (Å²) in [6.07, 6.45) is -0.236. The fourth-order valence-electron chi connectivity index (χ4n) is 4.58. The van der Waals surface area contributed by atoms with E-state index in [1.54, 1.807) is 103 Å². The van der Waals surface area contributed by atoms with Crippen LogP contribution in [0.3, 0.4) is 0 Å². The molecule has 206 valence electrons. The monoisotopic (exact) mass is 640 g/mol. The first-order valence-corrected chi connectivity index (χ1v) is 15.2. The Kier molecular flexibility index (Phi) is 9.07. The van der Waals surface area contributed by atoms with Crippen molar-refractivity contribution >= 4 is 55.8 Å². The fourth-order valence-corrected chi connectivity index (χ4v) is 12.7. The molecule has 0 aliphatic rings. The molecule has 0 saturated carbocycles. The van der Waals surface area contributed by atoms with E-state index in [4.69, 9.17) is 8.71 Å². The molecule has 4 aromatic carbocycles. The number of hydrogen-bond acceptors (Lipinski definition) is 5. The zero-order valence-electron chi connectivity index (χ0n) is 20.6. The van der Waals surface area contributed by atoms with Gasteiger partial charge >= 0.3 is 219 Å². The van der Waals surface area contributed by atoms with Crippen LogP contribution in [0.2, 0.25) is 0 Å². The summed E-state index contributed by atoms with van der Waals surface area (Å²) in [6, 6.07) is 30.5. The summed E-state index contributed by atoms with van der Waals surface area (Å²) in [5.74, 6) is -0.584. The van der Waals surface area contributed by atoms with Crippen molar-refractivity contribution in [2.75, 3.05) is 7.11 Å². The maximum absolute atomic E-state index is 14.1. The number of alkyl halides is 3. The van der Waals surface area contributed by atoms with Crippen LogP contribution in [0.25, 0.3) is 0 Å². The molecule has 0 saturated heterocycles. The topological polar surface area (TPSA) is 69.7 Å². The Hall–Kier alpha value is -3.04. The Morgan fingerprint density at radius 3 is 1.44 bits per heavy atom. The molecule has 0 N–H and O–H groups in total. The first-order chi connectivity index (χ1) is 18.0. The third kappa shape index (κ3) is 5.52. The third-order valence-corrected chi connectivity index (χ3v) is 14.1. The van der Waals surface area contributed by atoms with Gasteiger partial charge in [-0.25, -0.2) is 0 Å². The van der Waals surface area contributed by atoms with Gasteiger partial charge in [-0.2, -0.15) is 0 Å². The van der Waals surface area contributed by atoms with Gasteiger partial charge in [-0.3, -0.25) is 0 Å². The van der Waals surface area contributed by atoms with E-state index in [0.717, 1.165) is 0 Å². The van der Waals surface area contributed by atoms with Crippen LogP contribution in [0.15, 0.2) is 115 Å². The molecule has 0 amide bonds. The number of rotatable bonds is 8. The zero-order chi connectivity index (χ0) is 27.5.